The molecule has 5 rings (SSSR count). The van der Waals surface area contributed by atoms with E-state index < -0.39 is 12.0 Å². The monoisotopic (exact) mass is 490 g/mol. The molecule has 1 amide bonds. The van der Waals surface area contributed by atoms with Crippen LogP contribution in [0.3, 0.4) is 0 Å². The van der Waals surface area contributed by atoms with Crippen LogP contribution in [-0.4, -0.2) is 59.0 Å². The van der Waals surface area contributed by atoms with E-state index in [-0.39, 0.29) is 17.1 Å². The van der Waals surface area contributed by atoms with Crippen molar-refractivity contribution in [3.05, 3.63) is 54.1 Å². The molecule has 10 heteroatoms. The SMILES string of the molecule is CCCC1SC(=NC(=O)C2CC2)N(Cc2ccc(-c3ccccc3-c3nnn[nH]3)cc2)C1C(=O)O. The fourth-order valence-corrected chi connectivity index (χ4v) is 5.83. The van der Waals surface area contributed by atoms with Crippen LogP contribution in [0.25, 0.3) is 22.5 Å². The average molecular weight is 491 g/mol. The van der Waals surface area contributed by atoms with Gasteiger partial charge in [-0.15, -0.1) is 5.10 Å². The van der Waals surface area contributed by atoms with Gasteiger partial charge in [-0.25, -0.2) is 9.89 Å². The number of H-pyrrole nitrogens is 1. The Bertz CT molecular complexity index is 1240. The van der Waals surface area contributed by atoms with Crippen molar-refractivity contribution in [3.8, 4) is 22.5 Å². The Kier molecular flexibility index (Phi) is 6.63. The van der Waals surface area contributed by atoms with E-state index in [1.807, 2.05) is 55.5 Å². The lowest BCUT2D eigenvalue weighted by Gasteiger charge is -2.25. The molecular weight excluding hydrogens is 464 g/mol. The molecule has 180 valence electrons. The lowest BCUT2D eigenvalue weighted by Crippen LogP contribution is -2.42. The molecule has 1 aliphatic heterocycles. The first-order valence-electron chi connectivity index (χ1n) is 11.8. The largest absolute Gasteiger partial charge is 0.480 e. The van der Waals surface area contributed by atoms with Crippen LogP contribution < -0.4 is 0 Å². The van der Waals surface area contributed by atoms with Crippen molar-refractivity contribution in [2.24, 2.45) is 10.9 Å². The number of amidine groups is 1. The summed E-state index contributed by atoms with van der Waals surface area (Å²) in [5.41, 5.74) is 3.82. The Morgan fingerprint density at radius 3 is 2.51 bits per heavy atom. The Hall–Kier alpha value is -3.53. The first-order valence-corrected chi connectivity index (χ1v) is 12.6. The number of aliphatic carboxylic acids is 1. The highest BCUT2D eigenvalue weighted by Gasteiger charge is 2.44. The number of hydrogen-bond donors (Lipinski definition) is 2. The third-order valence-corrected chi connectivity index (χ3v) is 7.63. The number of aromatic nitrogens is 4. The van der Waals surface area contributed by atoms with Gasteiger partial charge in [0.25, 0.3) is 5.91 Å². The van der Waals surface area contributed by atoms with E-state index in [0.29, 0.717) is 17.5 Å². The maximum Gasteiger partial charge on any atom is 0.327 e. The van der Waals surface area contributed by atoms with Crippen molar-refractivity contribution in [1.29, 1.82) is 0 Å². The molecule has 2 aliphatic rings. The van der Waals surface area contributed by atoms with Crippen LogP contribution in [0.1, 0.15) is 38.2 Å². The van der Waals surface area contributed by atoms with Gasteiger partial charge in [-0.05, 0) is 46.4 Å². The Morgan fingerprint density at radius 2 is 1.89 bits per heavy atom. The molecule has 2 heterocycles. The van der Waals surface area contributed by atoms with Gasteiger partial charge in [-0.2, -0.15) is 4.99 Å². The first kappa shape index (κ1) is 23.2. The number of thioether (sulfide) groups is 1. The second kappa shape index (κ2) is 9.99. The molecule has 1 aliphatic carbocycles. The van der Waals surface area contributed by atoms with Crippen LogP contribution in [0.2, 0.25) is 0 Å². The molecule has 2 unspecified atom stereocenters. The molecule has 1 saturated carbocycles. The van der Waals surface area contributed by atoms with Crippen molar-refractivity contribution >= 4 is 28.8 Å². The standard InChI is InChI=1S/C25H26N6O3S/c1-2-5-20-21(24(33)34)31(25(35-20)26-23(32)17-12-13-17)14-15-8-10-16(11-9-15)18-6-3-4-7-19(18)22-27-29-30-28-22/h3-4,6-11,17,20-21H,2,5,12-14H2,1H3,(H,33,34)(H,27,28,29,30). The fourth-order valence-electron chi connectivity index (χ4n) is 4.35. The highest BCUT2D eigenvalue weighted by atomic mass is 32.2. The number of nitrogens with one attached hydrogen (secondary N) is 1. The summed E-state index contributed by atoms with van der Waals surface area (Å²) in [6.45, 7) is 2.41. The molecule has 1 saturated heterocycles. The van der Waals surface area contributed by atoms with Gasteiger partial charge in [0, 0.05) is 23.3 Å². The number of carbonyl (C=O) groups excluding carboxylic acids is 1. The minimum atomic E-state index is -0.883. The highest BCUT2D eigenvalue weighted by Crippen LogP contribution is 2.38. The molecule has 2 fully saturated rings. The molecule has 2 N–H and O–H groups in total. The quantitative estimate of drug-likeness (QED) is 0.486. The zero-order valence-corrected chi connectivity index (χ0v) is 20.1. The lowest BCUT2D eigenvalue weighted by molar-refractivity contribution is -0.141. The number of carbonyl (C=O) groups is 2. The van der Waals surface area contributed by atoms with Crippen LogP contribution in [0, 0.1) is 5.92 Å². The maximum atomic E-state index is 12.4. The van der Waals surface area contributed by atoms with Crippen molar-refractivity contribution in [2.75, 3.05) is 0 Å². The van der Waals surface area contributed by atoms with Crippen molar-refractivity contribution in [1.82, 2.24) is 25.5 Å². The lowest BCUT2D eigenvalue weighted by atomic mass is 9.98. The minimum Gasteiger partial charge on any atom is -0.480 e. The molecular formula is C25H26N6O3S. The molecule has 0 spiro atoms. The van der Waals surface area contributed by atoms with E-state index in [9.17, 15) is 14.7 Å². The average Bonchev–Trinajstić information content (AvgIpc) is 3.47. The second-order valence-electron chi connectivity index (χ2n) is 8.86. The van der Waals surface area contributed by atoms with Crippen LogP contribution in [0.5, 0.6) is 0 Å². The first-order chi connectivity index (χ1) is 17.0. The van der Waals surface area contributed by atoms with E-state index in [1.165, 1.54) is 11.8 Å². The van der Waals surface area contributed by atoms with Crippen LogP contribution in [0.4, 0.5) is 0 Å². The summed E-state index contributed by atoms with van der Waals surface area (Å²) in [4.78, 5) is 30.8. The summed E-state index contributed by atoms with van der Waals surface area (Å²) in [7, 11) is 0. The van der Waals surface area contributed by atoms with E-state index in [0.717, 1.165) is 47.9 Å². The molecule has 0 radical (unpaired) electrons. The van der Waals surface area contributed by atoms with E-state index >= 15 is 0 Å². The number of benzene rings is 2. The van der Waals surface area contributed by atoms with Gasteiger partial charge < -0.3 is 10.0 Å². The second-order valence-corrected chi connectivity index (χ2v) is 10.1. The highest BCUT2D eigenvalue weighted by molar-refractivity contribution is 8.14. The van der Waals surface area contributed by atoms with Crippen LogP contribution >= 0.6 is 11.8 Å². The minimum absolute atomic E-state index is 0.00244. The van der Waals surface area contributed by atoms with Crippen molar-refractivity contribution < 1.29 is 14.7 Å². The van der Waals surface area contributed by atoms with Gasteiger partial charge in [0.15, 0.2) is 11.0 Å². The number of aromatic amines is 1. The number of carboxylic acid groups (broad SMARTS) is 1. The number of nitrogens with zero attached hydrogens (tertiary/aromatic N) is 5. The normalized spacial score (nSPS) is 20.9. The van der Waals surface area contributed by atoms with E-state index in [2.05, 4.69) is 25.6 Å². The Labute approximate surface area is 207 Å². The Morgan fingerprint density at radius 1 is 1.14 bits per heavy atom. The smallest absolute Gasteiger partial charge is 0.327 e. The molecule has 0 bridgehead atoms. The number of tetrazole rings is 1. The zero-order chi connectivity index (χ0) is 24.4. The number of hydrogen-bond acceptors (Lipinski definition) is 6. The number of rotatable bonds is 8. The molecule has 9 nitrogen and oxygen atoms in total. The molecule has 3 aromatic rings. The summed E-state index contributed by atoms with van der Waals surface area (Å²) in [5.74, 6) is -0.428. The summed E-state index contributed by atoms with van der Waals surface area (Å²) in [5, 5.41) is 24.6. The van der Waals surface area contributed by atoms with Crippen LogP contribution in [0.15, 0.2) is 53.5 Å². The number of amides is 1. The van der Waals surface area contributed by atoms with Crippen molar-refractivity contribution in [2.45, 2.75) is 50.4 Å². The van der Waals surface area contributed by atoms with E-state index in [4.69, 9.17) is 0 Å². The van der Waals surface area contributed by atoms with Crippen LogP contribution in [-0.2, 0) is 16.1 Å². The third kappa shape index (κ3) is 4.97. The van der Waals surface area contributed by atoms with Gasteiger partial charge in [-0.1, -0.05) is 73.6 Å². The molecule has 35 heavy (non-hydrogen) atoms. The molecule has 1 aromatic heterocycles. The molecule has 2 aromatic carbocycles. The predicted molar refractivity (Wildman–Crippen MR) is 133 cm³/mol. The van der Waals surface area contributed by atoms with Gasteiger partial charge in [0.1, 0.15) is 6.04 Å². The van der Waals surface area contributed by atoms with Gasteiger partial charge >= 0.3 is 5.97 Å². The summed E-state index contributed by atoms with van der Waals surface area (Å²) in [6.07, 6.45) is 3.36. The van der Waals surface area contributed by atoms with Crippen molar-refractivity contribution in [3.63, 3.8) is 0 Å². The maximum absolute atomic E-state index is 12.4. The molecule has 2 atom stereocenters. The Balaban J connectivity index is 1.42. The summed E-state index contributed by atoms with van der Waals surface area (Å²) in [6, 6.07) is 15.1. The summed E-state index contributed by atoms with van der Waals surface area (Å²) < 4.78 is 0. The predicted octanol–water partition coefficient (Wildman–Crippen LogP) is 4.00. The van der Waals surface area contributed by atoms with Gasteiger partial charge in [-0.3, -0.25) is 4.79 Å². The number of aliphatic imine (C=N–C) groups is 1. The zero-order valence-electron chi connectivity index (χ0n) is 19.3. The fraction of sp³-hybridized carbons (Fsp3) is 0.360. The van der Waals surface area contributed by atoms with Gasteiger partial charge in [0.2, 0.25) is 0 Å². The summed E-state index contributed by atoms with van der Waals surface area (Å²) >= 11 is 1.42. The topological polar surface area (TPSA) is 124 Å². The van der Waals surface area contributed by atoms with Gasteiger partial charge in [0.05, 0.1) is 0 Å². The van der Waals surface area contributed by atoms with E-state index in [1.54, 1.807) is 4.90 Å². The third-order valence-electron chi connectivity index (χ3n) is 6.29. The number of carboxylic acids is 1.